The van der Waals surface area contributed by atoms with Crippen molar-refractivity contribution in [2.45, 2.75) is 0 Å². The number of anilines is 2. The maximum Gasteiger partial charge on any atom is 0.254 e. The van der Waals surface area contributed by atoms with Gasteiger partial charge in [0.15, 0.2) is 0 Å². The van der Waals surface area contributed by atoms with E-state index in [9.17, 15) is 19.2 Å². The Morgan fingerprint density at radius 1 is 0.815 bits per heavy atom. The van der Waals surface area contributed by atoms with Crippen LogP contribution in [0.3, 0.4) is 0 Å². The molecule has 0 unspecified atom stereocenters. The number of carbonyl (C=O) groups is 4. The van der Waals surface area contributed by atoms with Gasteiger partial charge in [-0.05, 0) is 22.9 Å². The Hall–Kier alpha value is -2.76. The van der Waals surface area contributed by atoms with Crippen molar-refractivity contribution in [2.24, 2.45) is 0 Å². The average Bonchev–Trinajstić information content (AvgIpc) is 3.29. The van der Waals surface area contributed by atoms with E-state index in [1.165, 1.54) is 36.8 Å². The quantitative estimate of drug-likeness (QED) is 0.519. The van der Waals surface area contributed by atoms with Gasteiger partial charge in [0.25, 0.3) is 23.6 Å². The lowest BCUT2D eigenvalue weighted by Crippen LogP contribution is -2.25. The molecular weight excluding hydrogens is 392 g/mol. The molecular formula is C16H18N4O5S2. The zero-order valence-corrected chi connectivity index (χ0v) is 16.2. The molecule has 2 aromatic rings. The number of ether oxygens (including phenoxy) is 1. The number of hydrogen-bond donors (Lipinski definition) is 4. The van der Waals surface area contributed by atoms with E-state index >= 15 is 0 Å². The highest BCUT2D eigenvalue weighted by atomic mass is 32.1. The number of amides is 4. The Balaban J connectivity index is 1.79. The van der Waals surface area contributed by atoms with E-state index in [1.54, 1.807) is 22.9 Å². The van der Waals surface area contributed by atoms with Crippen LogP contribution < -0.4 is 21.3 Å². The molecule has 4 amide bonds. The molecule has 0 fully saturated rings. The van der Waals surface area contributed by atoms with Crippen molar-refractivity contribution in [3.8, 4) is 0 Å². The number of rotatable bonds is 8. The molecule has 27 heavy (non-hydrogen) atoms. The molecule has 0 spiro atoms. The fourth-order valence-electron chi connectivity index (χ4n) is 2.00. The summed E-state index contributed by atoms with van der Waals surface area (Å²) >= 11 is 2.41. The van der Waals surface area contributed by atoms with Crippen LogP contribution in [0.4, 0.5) is 10.0 Å². The second-order valence-electron chi connectivity index (χ2n) is 5.07. The highest BCUT2D eigenvalue weighted by Crippen LogP contribution is 2.23. The summed E-state index contributed by atoms with van der Waals surface area (Å²) in [6.07, 6.45) is 0. The van der Waals surface area contributed by atoms with Crippen LogP contribution in [0.2, 0.25) is 0 Å². The number of thiophene rings is 2. The molecule has 0 saturated heterocycles. The van der Waals surface area contributed by atoms with Crippen LogP contribution in [0, 0.1) is 0 Å². The van der Waals surface area contributed by atoms with Crippen molar-refractivity contribution >= 4 is 56.3 Å². The van der Waals surface area contributed by atoms with Crippen LogP contribution >= 0.6 is 22.7 Å². The van der Waals surface area contributed by atoms with Gasteiger partial charge < -0.3 is 26.0 Å². The van der Waals surface area contributed by atoms with E-state index in [0.717, 1.165) is 0 Å². The van der Waals surface area contributed by atoms with Gasteiger partial charge in [-0.15, -0.1) is 22.7 Å². The van der Waals surface area contributed by atoms with E-state index < -0.39 is 11.8 Å². The first kappa shape index (κ1) is 20.6. The smallest absolute Gasteiger partial charge is 0.254 e. The van der Waals surface area contributed by atoms with Crippen LogP contribution in [0.15, 0.2) is 22.9 Å². The van der Waals surface area contributed by atoms with Gasteiger partial charge >= 0.3 is 0 Å². The van der Waals surface area contributed by atoms with Gasteiger partial charge in [0.1, 0.15) is 23.2 Å². The fourth-order valence-corrected chi connectivity index (χ4v) is 3.60. The normalized spacial score (nSPS) is 10.1. The lowest BCUT2D eigenvalue weighted by Gasteiger charge is -2.08. The summed E-state index contributed by atoms with van der Waals surface area (Å²) in [6.45, 7) is -0.712. The first-order valence-electron chi connectivity index (χ1n) is 7.72. The standard InChI is InChI=1S/C16H18N4O5S2/c1-17-13(23)9-3-5-26-15(9)19-11(21)7-25-8-12(22)20-16-10(4-6-27-16)14(24)18-2/h3-6H,7-8H2,1-2H3,(H,17,23)(H,18,24)(H,19,21)(H,20,22). The first-order chi connectivity index (χ1) is 13.0. The van der Waals surface area contributed by atoms with Crippen molar-refractivity contribution in [2.75, 3.05) is 37.9 Å². The molecule has 2 heterocycles. The fraction of sp³-hybridized carbons (Fsp3) is 0.250. The SMILES string of the molecule is CNC(=O)c1ccsc1NC(=O)COCC(=O)Nc1sccc1C(=O)NC. The molecule has 0 bridgehead atoms. The largest absolute Gasteiger partial charge is 0.362 e. The molecule has 0 aliphatic heterocycles. The zero-order valence-electron chi connectivity index (χ0n) is 14.6. The third-order valence-electron chi connectivity index (χ3n) is 3.25. The molecule has 4 N–H and O–H groups in total. The van der Waals surface area contributed by atoms with Gasteiger partial charge in [-0.25, -0.2) is 0 Å². The van der Waals surface area contributed by atoms with Crippen molar-refractivity contribution in [1.82, 2.24) is 10.6 Å². The highest BCUT2D eigenvalue weighted by molar-refractivity contribution is 7.15. The molecule has 0 atom stereocenters. The van der Waals surface area contributed by atoms with Crippen LogP contribution in [0.1, 0.15) is 20.7 Å². The average molecular weight is 410 g/mol. The van der Waals surface area contributed by atoms with E-state index in [2.05, 4.69) is 21.3 Å². The summed E-state index contributed by atoms with van der Waals surface area (Å²) in [5, 5.41) is 14.3. The first-order valence-corrected chi connectivity index (χ1v) is 9.48. The molecule has 2 aromatic heterocycles. The minimum absolute atomic E-state index is 0.310. The predicted molar refractivity (Wildman–Crippen MR) is 103 cm³/mol. The second-order valence-corrected chi connectivity index (χ2v) is 6.91. The number of hydrogen-bond acceptors (Lipinski definition) is 7. The topological polar surface area (TPSA) is 126 Å². The second kappa shape index (κ2) is 9.80. The minimum atomic E-state index is -0.488. The molecule has 9 nitrogen and oxygen atoms in total. The van der Waals surface area contributed by atoms with Crippen LogP contribution in [-0.2, 0) is 14.3 Å². The lowest BCUT2D eigenvalue weighted by molar-refractivity contribution is -0.125. The van der Waals surface area contributed by atoms with E-state index in [0.29, 0.717) is 21.1 Å². The molecule has 2 rings (SSSR count). The molecule has 11 heteroatoms. The minimum Gasteiger partial charge on any atom is -0.362 e. The van der Waals surface area contributed by atoms with Gasteiger partial charge in [-0.1, -0.05) is 0 Å². The van der Waals surface area contributed by atoms with Crippen LogP contribution in [-0.4, -0.2) is 50.9 Å². The zero-order chi connectivity index (χ0) is 19.8. The van der Waals surface area contributed by atoms with Gasteiger partial charge in [0.05, 0.1) is 11.1 Å². The van der Waals surface area contributed by atoms with Crippen molar-refractivity contribution in [3.05, 3.63) is 34.0 Å². The summed E-state index contributed by atoms with van der Waals surface area (Å²) in [4.78, 5) is 47.1. The summed E-state index contributed by atoms with van der Waals surface area (Å²) in [7, 11) is 2.99. The van der Waals surface area contributed by atoms with E-state index in [-0.39, 0.29) is 25.0 Å². The third-order valence-corrected chi connectivity index (χ3v) is 4.91. The lowest BCUT2D eigenvalue weighted by atomic mass is 10.3. The molecule has 0 aliphatic carbocycles. The van der Waals surface area contributed by atoms with Crippen molar-refractivity contribution in [3.63, 3.8) is 0 Å². The highest BCUT2D eigenvalue weighted by Gasteiger charge is 2.16. The summed E-state index contributed by atoms with van der Waals surface area (Å²) in [5.41, 5.74) is 0.709. The van der Waals surface area contributed by atoms with E-state index in [4.69, 9.17) is 4.74 Å². The molecule has 144 valence electrons. The Morgan fingerprint density at radius 2 is 1.22 bits per heavy atom. The van der Waals surface area contributed by atoms with Crippen molar-refractivity contribution in [1.29, 1.82) is 0 Å². The van der Waals surface area contributed by atoms with Gasteiger partial charge in [-0.2, -0.15) is 0 Å². The molecule has 0 radical (unpaired) electrons. The summed E-state index contributed by atoms with van der Waals surface area (Å²) in [6, 6.07) is 3.19. The van der Waals surface area contributed by atoms with Crippen LogP contribution in [0.25, 0.3) is 0 Å². The van der Waals surface area contributed by atoms with Gasteiger partial charge in [-0.3, -0.25) is 19.2 Å². The predicted octanol–water partition coefficient (Wildman–Crippen LogP) is 1.12. The Bertz CT molecular complexity index is 777. The van der Waals surface area contributed by atoms with Gasteiger partial charge in [0.2, 0.25) is 0 Å². The molecule has 0 aliphatic rings. The molecule has 0 aromatic carbocycles. The Labute approximate surface area is 163 Å². The third kappa shape index (κ3) is 5.61. The van der Waals surface area contributed by atoms with E-state index in [1.807, 2.05) is 0 Å². The monoisotopic (exact) mass is 410 g/mol. The molecule has 0 saturated carbocycles. The Kier molecular flexibility index (Phi) is 7.46. The van der Waals surface area contributed by atoms with Gasteiger partial charge in [0, 0.05) is 14.1 Å². The maximum absolute atomic E-state index is 11.9. The van der Waals surface area contributed by atoms with Crippen LogP contribution in [0.5, 0.6) is 0 Å². The van der Waals surface area contributed by atoms with Crippen molar-refractivity contribution < 1.29 is 23.9 Å². The number of carbonyl (C=O) groups excluding carboxylic acids is 4. The maximum atomic E-state index is 11.9. The Morgan fingerprint density at radius 3 is 1.59 bits per heavy atom. The summed E-state index contributed by atoms with van der Waals surface area (Å²) < 4.78 is 5.09. The summed E-state index contributed by atoms with van der Waals surface area (Å²) in [5.74, 6) is -1.60. The number of nitrogens with one attached hydrogen (secondary N) is 4.